The molecule has 0 heterocycles. The van der Waals surface area contributed by atoms with Gasteiger partial charge in [-0.2, -0.15) is 8.42 Å². The Morgan fingerprint density at radius 1 is 1.39 bits per heavy atom. The number of halogens is 2. The van der Waals surface area contributed by atoms with Gasteiger partial charge in [0.1, 0.15) is 4.90 Å². The second-order valence-corrected chi connectivity index (χ2v) is 5.60. The summed E-state index contributed by atoms with van der Waals surface area (Å²) in [6, 6.07) is 2.17. The summed E-state index contributed by atoms with van der Waals surface area (Å²) in [6.07, 6.45) is -0.876. The largest absolute Gasteiger partial charge is 0.504 e. The van der Waals surface area contributed by atoms with E-state index in [1.165, 1.54) is 6.07 Å². The van der Waals surface area contributed by atoms with E-state index in [0.717, 1.165) is 6.07 Å². The monoisotopic (exact) mass is 315 g/mol. The fourth-order valence-electron chi connectivity index (χ4n) is 1.19. The molecule has 0 aliphatic rings. The molecule has 1 atom stereocenters. The van der Waals surface area contributed by atoms with Gasteiger partial charge in [0.15, 0.2) is 5.75 Å². The van der Waals surface area contributed by atoms with Crippen LogP contribution >= 0.6 is 23.2 Å². The highest BCUT2D eigenvalue weighted by Crippen LogP contribution is 2.34. The second kappa shape index (κ2) is 5.94. The molecule has 0 aliphatic carbocycles. The quantitative estimate of drug-likeness (QED) is 0.371. The summed E-state index contributed by atoms with van der Waals surface area (Å²) in [5.41, 5.74) is -0.0284. The van der Waals surface area contributed by atoms with Crippen molar-refractivity contribution >= 4 is 39.0 Å². The summed E-state index contributed by atoms with van der Waals surface area (Å²) < 4.78 is 30.9. The zero-order valence-corrected chi connectivity index (χ0v) is 11.3. The maximum atomic E-state index is 11.0. The normalized spacial score (nSPS) is 13.3. The Labute approximate surface area is 114 Å². The molecule has 0 amide bonds. The predicted molar refractivity (Wildman–Crippen MR) is 68.1 cm³/mol. The molecule has 18 heavy (non-hydrogen) atoms. The molecule has 0 bridgehead atoms. The second-order valence-electron chi connectivity index (χ2n) is 3.46. The minimum absolute atomic E-state index is 0.00304. The highest BCUT2D eigenvalue weighted by Gasteiger charge is 2.19. The van der Waals surface area contributed by atoms with Crippen molar-refractivity contribution in [2.45, 2.75) is 11.0 Å². The van der Waals surface area contributed by atoms with Crippen molar-refractivity contribution in [2.75, 3.05) is 17.7 Å². The van der Waals surface area contributed by atoms with Crippen LogP contribution in [0.5, 0.6) is 5.75 Å². The van der Waals surface area contributed by atoms with Gasteiger partial charge in [-0.05, 0) is 12.1 Å². The molecule has 0 spiro atoms. The molecule has 102 valence electrons. The molecule has 1 rings (SSSR count). The summed E-state index contributed by atoms with van der Waals surface area (Å²) in [5.74, 6) is -0.705. The number of hydrogen-bond acceptors (Lipinski definition) is 5. The minimum Gasteiger partial charge on any atom is -0.504 e. The molecule has 1 aromatic carbocycles. The first kappa shape index (κ1) is 15.3. The van der Waals surface area contributed by atoms with E-state index in [2.05, 4.69) is 5.32 Å². The van der Waals surface area contributed by atoms with Crippen LogP contribution in [0.3, 0.4) is 0 Å². The van der Waals surface area contributed by atoms with Crippen molar-refractivity contribution in [3.05, 3.63) is 17.2 Å². The number of phenolic OH excluding ortho intramolecular Hbond substituents is 1. The van der Waals surface area contributed by atoms with Gasteiger partial charge in [-0.15, -0.1) is 11.6 Å². The average Bonchev–Trinajstić information content (AvgIpc) is 2.27. The molecule has 0 saturated carbocycles. The van der Waals surface area contributed by atoms with E-state index in [1.807, 2.05) is 0 Å². The Morgan fingerprint density at radius 2 is 2.00 bits per heavy atom. The number of nitrogens with one attached hydrogen (secondary N) is 1. The zero-order valence-electron chi connectivity index (χ0n) is 8.97. The summed E-state index contributed by atoms with van der Waals surface area (Å²) in [4.78, 5) is -0.710. The van der Waals surface area contributed by atoms with Gasteiger partial charge in [0.05, 0.1) is 17.7 Å². The Balaban J connectivity index is 3.10. The van der Waals surface area contributed by atoms with Crippen molar-refractivity contribution < 1.29 is 23.2 Å². The summed E-state index contributed by atoms with van der Waals surface area (Å²) in [6.45, 7) is -0.0116. The summed E-state index contributed by atoms with van der Waals surface area (Å²) >= 11 is 11.0. The van der Waals surface area contributed by atoms with Crippen LogP contribution in [0.15, 0.2) is 17.0 Å². The van der Waals surface area contributed by atoms with Crippen LogP contribution in [0.4, 0.5) is 5.69 Å². The highest BCUT2D eigenvalue weighted by atomic mass is 35.5. The number of hydrogen-bond donors (Lipinski definition) is 4. The first-order valence-electron chi connectivity index (χ1n) is 4.73. The fourth-order valence-corrected chi connectivity index (χ4v) is 2.21. The van der Waals surface area contributed by atoms with Crippen LogP contribution in [-0.2, 0) is 10.1 Å². The van der Waals surface area contributed by atoms with Crippen molar-refractivity contribution in [2.24, 2.45) is 0 Å². The molecule has 9 heteroatoms. The number of phenols is 1. The Bertz CT molecular complexity index is 534. The molecule has 0 aromatic heterocycles. The number of anilines is 1. The van der Waals surface area contributed by atoms with E-state index in [-0.39, 0.29) is 23.1 Å². The molecule has 0 aliphatic heterocycles. The fraction of sp³-hybridized carbons (Fsp3) is 0.333. The van der Waals surface area contributed by atoms with Gasteiger partial charge < -0.3 is 15.5 Å². The molecule has 0 fully saturated rings. The minimum atomic E-state index is -4.59. The van der Waals surface area contributed by atoms with Crippen LogP contribution < -0.4 is 5.32 Å². The maximum absolute atomic E-state index is 11.0. The number of benzene rings is 1. The molecule has 1 unspecified atom stereocenters. The number of aliphatic hydroxyl groups is 1. The lowest BCUT2D eigenvalue weighted by Gasteiger charge is -2.13. The molecule has 0 saturated heterocycles. The average molecular weight is 316 g/mol. The standard InChI is InChI=1S/C9H11Cl2NO5S/c10-3-6(13)4-12-7-1-5(11)2-8(9(7)14)18(15,16)17/h1-2,6,12-14H,3-4H2,(H,15,16,17). The first-order chi connectivity index (χ1) is 8.25. The van der Waals surface area contributed by atoms with Gasteiger partial charge in [-0.1, -0.05) is 11.6 Å². The predicted octanol–water partition coefficient (Wildman–Crippen LogP) is 1.30. The van der Waals surface area contributed by atoms with Crippen LogP contribution in [0, 0.1) is 0 Å². The van der Waals surface area contributed by atoms with Crippen molar-refractivity contribution in [1.29, 1.82) is 0 Å². The van der Waals surface area contributed by atoms with E-state index >= 15 is 0 Å². The highest BCUT2D eigenvalue weighted by molar-refractivity contribution is 7.86. The summed E-state index contributed by atoms with van der Waals surface area (Å²) in [7, 11) is -4.59. The van der Waals surface area contributed by atoms with Crippen LogP contribution in [-0.4, -0.2) is 41.7 Å². The molecular weight excluding hydrogens is 305 g/mol. The number of rotatable bonds is 5. The summed E-state index contributed by atoms with van der Waals surface area (Å²) in [5, 5.41) is 21.5. The molecule has 1 aromatic rings. The van der Waals surface area contributed by atoms with Gasteiger partial charge >= 0.3 is 0 Å². The SMILES string of the molecule is O=S(=O)(O)c1cc(Cl)cc(NCC(O)CCl)c1O. The van der Waals surface area contributed by atoms with E-state index in [9.17, 15) is 18.6 Å². The van der Waals surface area contributed by atoms with Gasteiger partial charge in [0.2, 0.25) is 0 Å². The van der Waals surface area contributed by atoms with Crippen LogP contribution in [0.25, 0.3) is 0 Å². The van der Waals surface area contributed by atoms with Gasteiger partial charge in [0.25, 0.3) is 10.1 Å². The van der Waals surface area contributed by atoms with E-state index in [1.54, 1.807) is 0 Å². The van der Waals surface area contributed by atoms with Crippen LogP contribution in [0.1, 0.15) is 0 Å². The maximum Gasteiger partial charge on any atom is 0.298 e. The topological polar surface area (TPSA) is 107 Å². The Hall–Kier alpha value is -0.730. The molecule has 4 N–H and O–H groups in total. The number of alkyl halides is 1. The van der Waals surface area contributed by atoms with E-state index in [0.29, 0.717) is 0 Å². The van der Waals surface area contributed by atoms with Gasteiger partial charge in [-0.3, -0.25) is 4.55 Å². The van der Waals surface area contributed by atoms with E-state index < -0.39 is 26.9 Å². The third-order valence-corrected chi connectivity index (χ3v) is 3.47. The Kier molecular flexibility index (Phi) is 5.06. The van der Waals surface area contributed by atoms with Gasteiger partial charge in [0, 0.05) is 11.6 Å². The smallest absolute Gasteiger partial charge is 0.298 e. The Morgan fingerprint density at radius 3 is 2.50 bits per heavy atom. The number of aliphatic hydroxyl groups excluding tert-OH is 1. The lowest BCUT2D eigenvalue weighted by Crippen LogP contribution is -2.21. The van der Waals surface area contributed by atoms with Crippen molar-refractivity contribution in [3.8, 4) is 5.75 Å². The molecule has 6 nitrogen and oxygen atoms in total. The van der Waals surface area contributed by atoms with Crippen molar-refractivity contribution in [1.82, 2.24) is 0 Å². The molecule has 0 radical (unpaired) electrons. The van der Waals surface area contributed by atoms with E-state index in [4.69, 9.17) is 27.8 Å². The third-order valence-electron chi connectivity index (χ3n) is 2.02. The third kappa shape index (κ3) is 3.89. The number of aromatic hydroxyl groups is 1. The van der Waals surface area contributed by atoms with Gasteiger partial charge in [-0.25, -0.2) is 0 Å². The van der Waals surface area contributed by atoms with Crippen LogP contribution in [0.2, 0.25) is 5.02 Å². The lowest BCUT2D eigenvalue weighted by atomic mass is 10.2. The molecular formula is C9H11Cl2NO5S. The lowest BCUT2D eigenvalue weighted by molar-refractivity contribution is 0.211. The van der Waals surface area contributed by atoms with Crippen molar-refractivity contribution in [3.63, 3.8) is 0 Å². The first-order valence-corrected chi connectivity index (χ1v) is 7.09. The zero-order chi connectivity index (χ0) is 13.9.